The number of primary amides is 1. The van der Waals surface area contributed by atoms with Crippen LogP contribution in [0, 0.1) is 13.8 Å². The summed E-state index contributed by atoms with van der Waals surface area (Å²) in [5.74, 6) is -0.443. The molecule has 0 radical (unpaired) electrons. The Balaban J connectivity index is 2.13. The Bertz CT molecular complexity index is 649. The van der Waals surface area contributed by atoms with Gasteiger partial charge in [-0.15, -0.1) is 0 Å². The number of nitrogens with zero attached hydrogens (tertiary/aromatic N) is 2. The average molecular weight is 288 g/mol. The molecule has 0 aliphatic rings. The second-order valence-corrected chi connectivity index (χ2v) is 4.89. The van der Waals surface area contributed by atoms with Crippen molar-refractivity contribution in [3.8, 4) is 0 Å². The van der Waals surface area contributed by atoms with Gasteiger partial charge in [-0.05, 0) is 32.0 Å². The normalized spacial score (nSPS) is 10.6. The Morgan fingerprint density at radius 2 is 2.19 bits per heavy atom. The molecule has 1 aromatic heterocycles. The Labute approximate surface area is 123 Å². The third-order valence-electron chi connectivity index (χ3n) is 3.46. The number of benzene rings is 1. The highest BCUT2D eigenvalue weighted by Crippen LogP contribution is 2.16. The van der Waals surface area contributed by atoms with Crippen LogP contribution in [0.25, 0.3) is 0 Å². The van der Waals surface area contributed by atoms with Crippen LogP contribution < -0.4 is 11.1 Å². The van der Waals surface area contributed by atoms with E-state index in [1.807, 2.05) is 19.9 Å². The molecule has 0 aliphatic heterocycles. The number of carbonyl (C=O) groups excluding carboxylic acids is 1. The summed E-state index contributed by atoms with van der Waals surface area (Å²) in [6, 6.07) is 7.08. The molecular weight excluding hydrogens is 268 g/mol. The molecule has 2 rings (SSSR count). The molecule has 4 N–H and O–H groups in total. The Morgan fingerprint density at radius 1 is 1.43 bits per heavy atom. The number of aromatic nitrogens is 2. The van der Waals surface area contributed by atoms with Gasteiger partial charge in [0.05, 0.1) is 18.8 Å². The summed E-state index contributed by atoms with van der Waals surface area (Å²) in [6.07, 6.45) is 0. The van der Waals surface area contributed by atoms with Gasteiger partial charge in [-0.3, -0.25) is 9.48 Å². The molecule has 6 nitrogen and oxygen atoms in total. The first-order valence-corrected chi connectivity index (χ1v) is 6.80. The highest BCUT2D eigenvalue weighted by Gasteiger charge is 2.11. The maximum absolute atomic E-state index is 11.2. The monoisotopic (exact) mass is 288 g/mol. The first-order chi connectivity index (χ1) is 10.0. The van der Waals surface area contributed by atoms with Crippen LogP contribution in [0.5, 0.6) is 0 Å². The minimum absolute atomic E-state index is 0.0650. The quantitative estimate of drug-likeness (QED) is 0.744. The fourth-order valence-corrected chi connectivity index (χ4v) is 2.28. The Morgan fingerprint density at radius 3 is 2.86 bits per heavy atom. The zero-order valence-electron chi connectivity index (χ0n) is 12.3. The predicted molar refractivity (Wildman–Crippen MR) is 81.1 cm³/mol. The van der Waals surface area contributed by atoms with E-state index in [2.05, 4.69) is 10.4 Å². The second-order valence-electron chi connectivity index (χ2n) is 4.89. The smallest absolute Gasteiger partial charge is 0.248 e. The van der Waals surface area contributed by atoms with Crippen molar-refractivity contribution in [1.29, 1.82) is 0 Å². The number of hydrogen-bond acceptors (Lipinski definition) is 4. The van der Waals surface area contributed by atoms with E-state index >= 15 is 0 Å². The van der Waals surface area contributed by atoms with Gasteiger partial charge in [0.1, 0.15) is 0 Å². The van der Waals surface area contributed by atoms with E-state index in [4.69, 9.17) is 10.8 Å². The van der Waals surface area contributed by atoms with E-state index in [0.717, 1.165) is 22.6 Å². The van der Waals surface area contributed by atoms with E-state index in [-0.39, 0.29) is 6.61 Å². The van der Waals surface area contributed by atoms with Gasteiger partial charge in [-0.25, -0.2) is 0 Å². The van der Waals surface area contributed by atoms with Crippen molar-refractivity contribution in [3.05, 3.63) is 46.8 Å². The molecule has 1 heterocycles. The average Bonchev–Trinajstić information content (AvgIpc) is 2.72. The molecule has 112 valence electrons. The van der Waals surface area contributed by atoms with E-state index < -0.39 is 5.91 Å². The van der Waals surface area contributed by atoms with Crippen LogP contribution >= 0.6 is 0 Å². The van der Waals surface area contributed by atoms with Crippen molar-refractivity contribution in [2.45, 2.75) is 26.9 Å². The molecule has 21 heavy (non-hydrogen) atoms. The van der Waals surface area contributed by atoms with Crippen LogP contribution in [0.15, 0.2) is 24.3 Å². The number of nitrogens with one attached hydrogen (secondary N) is 1. The van der Waals surface area contributed by atoms with Gasteiger partial charge in [-0.1, -0.05) is 6.07 Å². The van der Waals surface area contributed by atoms with E-state index in [0.29, 0.717) is 18.7 Å². The van der Waals surface area contributed by atoms with E-state index in [1.165, 1.54) is 0 Å². The second kappa shape index (κ2) is 6.41. The standard InChI is InChI=1S/C15H20N4O2/c1-10-14(11(2)19(18-10)6-7-20)9-17-13-5-3-4-12(8-13)15(16)21/h3-5,8,17,20H,6-7,9H2,1-2H3,(H2,16,21). The van der Waals surface area contributed by atoms with E-state index in [1.54, 1.807) is 22.9 Å². The molecule has 2 aromatic rings. The first-order valence-electron chi connectivity index (χ1n) is 6.80. The lowest BCUT2D eigenvalue weighted by Gasteiger charge is -2.08. The van der Waals surface area contributed by atoms with Crippen LogP contribution in [0.4, 0.5) is 5.69 Å². The van der Waals surface area contributed by atoms with Crippen molar-refractivity contribution in [2.75, 3.05) is 11.9 Å². The molecule has 1 aromatic carbocycles. The Hall–Kier alpha value is -2.34. The first kappa shape index (κ1) is 15.1. The number of nitrogens with two attached hydrogens (primary N) is 1. The minimum atomic E-state index is -0.443. The van der Waals surface area contributed by atoms with Crippen LogP contribution in [0.1, 0.15) is 27.3 Å². The summed E-state index contributed by atoms with van der Waals surface area (Å²) in [7, 11) is 0. The largest absolute Gasteiger partial charge is 0.394 e. The molecular formula is C15H20N4O2. The zero-order valence-corrected chi connectivity index (χ0v) is 12.3. The SMILES string of the molecule is Cc1nn(CCO)c(C)c1CNc1cccc(C(N)=O)c1. The number of anilines is 1. The lowest BCUT2D eigenvalue weighted by Crippen LogP contribution is -2.11. The molecule has 0 atom stereocenters. The third kappa shape index (κ3) is 3.41. The van der Waals surface area contributed by atoms with Crippen LogP contribution in [-0.2, 0) is 13.1 Å². The number of aryl methyl sites for hydroxylation is 1. The van der Waals surface area contributed by atoms with Gasteiger partial charge in [-0.2, -0.15) is 5.10 Å². The van der Waals surface area contributed by atoms with Crippen LogP contribution in [-0.4, -0.2) is 27.4 Å². The maximum atomic E-state index is 11.2. The van der Waals surface area contributed by atoms with Crippen molar-refractivity contribution in [1.82, 2.24) is 9.78 Å². The molecule has 0 bridgehead atoms. The van der Waals surface area contributed by atoms with Crippen molar-refractivity contribution in [2.24, 2.45) is 5.73 Å². The number of carbonyl (C=O) groups is 1. The highest BCUT2D eigenvalue weighted by atomic mass is 16.3. The summed E-state index contributed by atoms with van der Waals surface area (Å²) < 4.78 is 1.80. The number of hydrogen-bond donors (Lipinski definition) is 3. The zero-order chi connectivity index (χ0) is 15.4. The van der Waals surface area contributed by atoms with Gasteiger partial charge < -0.3 is 16.2 Å². The molecule has 0 unspecified atom stereocenters. The molecule has 0 saturated heterocycles. The fraction of sp³-hybridized carbons (Fsp3) is 0.333. The maximum Gasteiger partial charge on any atom is 0.248 e. The van der Waals surface area contributed by atoms with E-state index in [9.17, 15) is 4.79 Å². The lowest BCUT2D eigenvalue weighted by atomic mass is 10.1. The molecule has 0 fully saturated rings. The van der Waals surface area contributed by atoms with Gasteiger partial charge in [0.25, 0.3) is 0 Å². The van der Waals surface area contributed by atoms with Crippen molar-refractivity contribution in [3.63, 3.8) is 0 Å². The predicted octanol–water partition coefficient (Wildman–Crippen LogP) is 1.20. The van der Waals surface area contributed by atoms with Crippen LogP contribution in [0.2, 0.25) is 0 Å². The molecule has 1 amide bonds. The summed E-state index contributed by atoms with van der Waals surface area (Å²) in [6.45, 7) is 5.08. The van der Waals surface area contributed by atoms with Gasteiger partial charge in [0.2, 0.25) is 5.91 Å². The number of aliphatic hydroxyl groups excluding tert-OH is 1. The summed E-state index contributed by atoms with van der Waals surface area (Å²) >= 11 is 0. The minimum Gasteiger partial charge on any atom is -0.394 e. The summed E-state index contributed by atoms with van der Waals surface area (Å²) in [5, 5.41) is 16.7. The lowest BCUT2D eigenvalue weighted by molar-refractivity contribution is 0.100. The number of amides is 1. The number of rotatable bonds is 6. The van der Waals surface area contributed by atoms with Crippen molar-refractivity contribution < 1.29 is 9.90 Å². The number of aliphatic hydroxyl groups is 1. The Kier molecular flexibility index (Phi) is 4.59. The summed E-state index contributed by atoms with van der Waals surface area (Å²) in [4.78, 5) is 11.2. The fourth-order valence-electron chi connectivity index (χ4n) is 2.28. The molecule has 0 aliphatic carbocycles. The third-order valence-corrected chi connectivity index (χ3v) is 3.46. The molecule has 0 saturated carbocycles. The molecule has 6 heteroatoms. The van der Waals surface area contributed by atoms with Crippen molar-refractivity contribution >= 4 is 11.6 Å². The molecule has 0 spiro atoms. The highest BCUT2D eigenvalue weighted by molar-refractivity contribution is 5.93. The van der Waals surface area contributed by atoms with Crippen LogP contribution in [0.3, 0.4) is 0 Å². The van der Waals surface area contributed by atoms with Gasteiger partial charge >= 0.3 is 0 Å². The summed E-state index contributed by atoms with van der Waals surface area (Å²) in [5.41, 5.74) is 9.63. The topological polar surface area (TPSA) is 93.2 Å². The van der Waals surface area contributed by atoms with Gasteiger partial charge in [0.15, 0.2) is 0 Å². The van der Waals surface area contributed by atoms with Gasteiger partial charge in [0, 0.05) is 29.1 Å².